The lowest BCUT2D eigenvalue weighted by Crippen LogP contribution is -2.50. The van der Waals surface area contributed by atoms with Gasteiger partial charge in [0.05, 0.1) is 13.2 Å². The lowest BCUT2D eigenvalue weighted by molar-refractivity contribution is -0.00806. The second kappa shape index (κ2) is 3.09. The van der Waals surface area contributed by atoms with Crippen LogP contribution in [-0.2, 0) is 4.74 Å². The van der Waals surface area contributed by atoms with Crippen molar-refractivity contribution in [1.82, 2.24) is 4.90 Å². The Bertz CT molecular complexity index is 136. The summed E-state index contributed by atoms with van der Waals surface area (Å²) in [7, 11) is 0. The largest absolute Gasteiger partial charge is 0.378 e. The zero-order chi connectivity index (χ0) is 7.68. The average molecular weight is 156 g/mol. The zero-order valence-corrected chi connectivity index (χ0v) is 6.83. The van der Waals surface area contributed by atoms with Crippen molar-refractivity contribution in [1.29, 1.82) is 0 Å². The fourth-order valence-electron chi connectivity index (χ4n) is 1.76. The third-order valence-corrected chi connectivity index (χ3v) is 2.56. The van der Waals surface area contributed by atoms with Crippen LogP contribution in [0, 0.1) is 0 Å². The number of hydrogen-bond donors (Lipinski definition) is 1. The van der Waals surface area contributed by atoms with Gasteiger partial charge in [-0.3, -0.25) is 4.90 Å². The van der Waals surface area contributed by atoms with Gasteiger partial charge in [0.15, 0.2) is 0 Å². The van der Waals surface area contributed by atoms with E-state index in [1.165, 1.54) is 12.8 Å². The third-order valence-electron chi connectivity index (χ3n) is 2.56. The average Bonchev–Trinajstić information content (AvgIpc) is 2.87. The highest BCUT2D eigenvalue weighted by atomic mass is 16.5. The quantitative estimate of drug-likeness (QED) is 0.602. The highest BCUT2D eigenvalue weighted by Crippen LogP contribution is 2.29. The molecule has 1 atom stereocenters. The van der Waals surface area contributed by atoms with E-state index in [2.05, 4.69) is 4.90 Å². The molecule has 0 unspecified atom stereocenters. The molecule has 0 radical (unpaired) electrons. The fraction of sp³-hybridized carbons (Fsp3) is 1.00. The van der Waals surface area contributed by atoms with E-state index in [0.717, 1.165) is 32.3 Å². The van der Waals surface area contributed by atoms with Gasteiger partial charge in [0.1, 0.15) is 0 Å². The standard InChI is InChI=1S/C8H16N2O/c9-5-8-6-11-4-3-10(8)7-1-2-7/h7-8H,1-6,9H2/t8-/m0/s1. The molecule has 1 aliphatic heterocycles. The molecule has 0 bridgehead atoms. The molecular formula is C8H16N2O. The number of hydrogen-bond acceptors (Lipinski definition) is 3. The Morgan fingerprint density at radius 1 is 1.45 bits per heavy atom. The predicted molar refractivity (Wildman–Crippen MR) is 43.4 cm³/mol. The SMILES string of the molecule is NC[C@H]1COCCN1C1CC1. The molecule has 1 aliphatic carbocycles. The molecule has 0 spiro atoms. The van der Waals surface area contributed by atoms with Gasteiger partial charge >= 0.3 is 0 Å². The molecule has 0 amide bonds. The first-order valence-corrected chi connectivity index (χ1v) is 4.45. The van der Waals surface area contributed by atoms with Gasteiger partial charge in [0.25, 0.3) is 0 Å². The minimum atomic E-state index is 0.497. The monoisotopic (exact) mass is 156 g/mol. The van der Waals surface area contributed by atoms with Gasteiger partial charge in [0.2, 0.25) is 0 Å². The summed E-state index contributed by atoms with van der Waals surface area (Å²) in [5.41, 5.74) is 5.64. The predicted octanol–water partition coefficient (Wildman–Crippen LogP) is -0.192. The van der Waals surface area contributed by atoms with Crippen LogP contribution < -0.4 is 5.73 Å². The maximum Gasteiger partial charge on any atom is 0.0634 e. The highest BCUT2D eigenvalue weighted by Gasteiger charge is 2.34. The van der Waals surface area contributed by atoms with Crippen LogP contribution in [0.4, 0.5) is 0 Å². The van der Waals surface area contributed by atoms with Gasteiger partial charge < -0.3 is 10.5 Å². The van der Waals surface area contributed by atoms with Crippen LogP contribution in [-0.4, -0.2) is 43.3 Å². The van der Waals surface area contributed by atoms with Crippen LogP contribution >= 0.6 is 0 Å². The summed E-state index contributed by atoms with van der Waals surface area (Å²) in [6.07, 6.45) is 2.74. The Labute approximate surface area is 67.5 Å². The van der Waals surface area contributed by atoms with Crippen LogP contribution in [0.3, 0.4) is 0 Å². The molecule has 64 valence electrons. The zero-order valence-electron chi connectivity index (χ0n) is 6.83. The van der Waals surface area contributed by atoms with Crippen molar-refractivity contribution in [2.24, 2.45) is 5.73 Å². The lowest BCUT2D eigenvalue weighted by Gasteiger charge is -2.34. The van der Waals surface area contributed by atoms with E-state index >= 15 is 0 Å². The summed E-state index contributed by atoms with van der Waals surface area (Å²) in [5.74, 6) is 0. The van der Waals surface area contributed by atoms with Crippen molar-refractivity contribution in [3.05, 3.63) is 0 Å². The smallest absolute Gasteiger partial charge is 0.0634 e. The normalized spacial score (nSPS) is 34.1. The Morgan fingerprint density at radius 2 is 2.27 bits per heavy atom. The first kappa shape index (κ1) is 7.53. The Balaban J connectivity index is 1.91. The van der Waals surface area contributed by atoms with Crippen molar-refractivity contribution < 1.29 is 4.74 Å². The van der Waals surface area contributed by atoms with Gasteiger partial charge in [-0.2, -0.15) is 0 Å². The van der Waals surface area contributed by atoms with Crippen molar-refractivity contribution in [2.45, 2.75) is 24.9 Å². The van der Waals surface area contributed by atoms with Gasteiger partial charge in [-0.1, -0.05) is 0 Å². The Morgan fingerprint density at radius 3 is 2.91 bits per heavy atom. The molecule has 2 rings (SSSR count). The maximum absolute atomic E-state index is 5.64. The summed E-state index contributed by atoms with van der Waals surface area (Å²) in [6.45, 7) is 3.57. The molecule has 2 N–H and O–H groups in total. The van der Waals surface area contributed by atoms with E-state index in [9.17, 15) is 0 Å². The number of morpholine rings is 1. The van der Waals surface area contributed by atoms with Crippen molar-refractivity contribution >= 4 is 0 Å². The number of rotatable bonds is 2. The summed E-state index contributed by atoms with van der Waals surface area (Å²) in [4.78, 5) is 2.52. The molecule has 2 aliphatic rings. The molecule has 3 nitrogen and oxygen atoms in total. The molecule has 2 fully saturated rings. The van der Waals surface area contributed by atoms with Crippen LogP contribution in [0.2, 0.25) is 0 Å². The van der Waals surface area contributed by atoms with Gasteiger partial charge in [-0.15, -0.1) is 0 Å². The first-order valence-electron chi connectivity index (χ1n) is 4.45. The highest BCUT2D eigenvalue weighted by molar-refractivity contribution is 4.90. The molecule has 11 heavy (non-hydrogen) atoms. The van der Waals surface area contributed by atoms with Gasteiger partial charge in [-0.25, -0.2) is 0 Å². The number of nitrogens with two attached hydrogens (primary N) is 1. The summed E-state index contributed by atoms with van der Waals surface area (Å²) in [5, 5.41) is 0. The van der Waals surface area contributed by atoms with E-state index < -0.39 is 0 Å². The molecule has 0 aromatic heterocycles. The molecule has 0 aromatic rings. The van der Waals surface area contributed by atoms with Crippen LogP contribution in [0.15, 0.2) is 0 Å². The summed E-state index contributed by atoms with van der Waals surface area (Å²) in [6, 6.07) is 1.34. The minimum Gasteiger partial charge on any atom is -0.378 e. The van der Waals surface area contributed by atoms with Crippen molar-refractivity contribution in [2.75, 3.05) is 26.3 Å². The lowest BCUT2D eigenvalue weighted by atomic mass is 10.2. The van der Waals surface area contributed by atoms with Crippen LogP contribution in [0.1, 0.15) is 12.8 Å². The Kier molecular flexibility index (Phi) is 2.11. The second-order valence-corrected chi connectivity index (χ2v) is 3.43. The maximum atomic E-state index is 5.64. The molecule has 1 saturated carbocycles. The van der Waals surface area contributed by atoms with E-state index in [4.69, 9.17) is 10.5 Å². The molecular weight excluding hydrogens is 140 g/mol. The topological polar surface area (TPSA) is 38.5 Å². The Hall–Kier alpha value is -0.120. The van der Waals surface area contributed by atoms with E-state index in [1.807, 2.05) is 0 Å². The summed E-state index contributed by atoms with van der Waals surface area (Å²) < 4.78 is 5.36. The molecule has 1 heterocycles. The van der Waals surface area contributed by atoms with Crippen LogP contribution in [0.5, 0.6) is 0 Å². The molecule has 3 heteroatoms. The first-order chi connectivity index (χ1) is 5.42. The number of ether oxygens (including phenoxy) is 1. The van der Waals surface area contributed by atoms with E-state index in [-0.39, 0.29) is 0 Å². The minimum absolute atomic E-state index is 0.497. The van der Waals surface area contributed by atoms with Crippen LogP contribution in [0.25, 0.3) is 0 Å². The molecule has 1 saturated heterocycles. The van der Waals surface area contributed by atoms with Gasteiger partial charge in [0, 0.05) is 25.2 Å². The molecule has 0 aromatic carbocycles. The summed E-state index contributed by atoms with van der Waals surface area (Å²) >= 11 is 0. The van der Waals surface area contributed by atoms with Gasteiger partial charge in [-0.05, 0) is 12.8 Å². The van der Waals surface area contributed by atoms with Crippen molar-refractivity contribution in [3.8, 4) is 0 Å². The van der Waals surface area contributed by atoms with Crippen molar-refractivity contribution in [3.63, 3.8) is 0 Å². The third kappa shape index (κ3) is 1.55. The fourth-order valence-corrected chi connectivity index (χ4v) is 1.76. The second-order valence-electron chi connectivity index (χ2n) is 3.43. The van der Waals surface area contributed by atoms with E-state index in [1.54, 1.807) is 0 Å². The number of nitrogens with zero attached hydrogens (tertiary/aromatic N) is 1. The van der Waals surface area contributed by atoms with E-state index in [0.29, 0.717) is 6.04 Å².